The summed E-state index contributed by atoms with van der Waals surface area (Å²) in [5, 5.41) is 9.36. The van der Waals surface area contributed by atoms with Crippen molar-refractivity contribution < 1.29 is 57.5 Å². The Hall–Kier alpha value is -11.9. The first kappa shape index (κ1) is 96.2. The molecule has 12 rings (SSSR count). The van der Waals surface area contributed by atoms with Crippen molar-refractivity contribution in [3.63, 3.8) is 0 Å². The second kappa shape index (κ2) is 50.2. The van der Waals surface area contributed by atoms with E-state index >= 15 is 0 Å². The van der Waals surface area contributed by atoms with Crippen molar-refractivity contribution in [2.24, 2.45) is 0 Å². The first-order chi connectivity index (χ1) is 58.1. The average molecular weight is 1630 g/mol. The van der Waals surface area contributed by atoms with E-state index in [1.54, 1.807) is 78.6 Å². The summed E-state index contributed by atoms with van der Waals surface area (Å²) in [5.41, 5.74) is 14.2. The van der Waals surface area contributed by atoms with Crippen molar-refractivity contribution >= 4 is 134 Å². The minimum absolute atomic E-state index is 0.112. The van der Waals surface area contributed by atoms with E-state index in [9.17, 15) is 57.5 Å². The van der Waals surface area contributed by atoms with Gasteiger partial charge in [0, 0.05) is 168 Å². The SMILES string of the molecule is CC(=O)CCCCC(=O)c1c[nH]c2cccc(C)c12.CC(=O)CCCCC(=O)c1cccc2cccc(C)c12.CC(=O)CCCCC(=O)c1ccnc2cccc(C)c12.CC(=O)CCCCC(=O)c1cncc2cccc(C)c12.CCc1cccc2cccc(C(=O)CCCCC(C)=O)c12.CCc1cccc2nccc(C(=O)CCCCC(C)=O)c12. The molecule has 0 radical (unpaired) electrons. The summed E-state index contributed by atoms with van der Waals surface area (Å²) in [6, 6.07) is 51.5. The maximum Gasteiger partial charge on any atom is 0.165 e. The van der Waals surface area contributed by atoms with Crippen LogP contribution in [0.3, 0.4) is 0 Å². The van der Waals surface area contributed by atoms with E-state index in [1.807, 2.05) is 155 Å². The summed E-state index contributed by atoms with van der Waals surface area (Å²) < 4.78 is 0. The van der Waals surface area contributed by atoms with Gasteiger partial charge in [0.2, 0.25) is 0 Å². The highest BCUT2D eigenvalue weighted by Crippen LogP contribution is 2.31. The average Bonchev–Trinajstić information content (AvgIpc) is 1.45. The number of nitrogens with one attached hydrogen (secondary N) is 1. The van der Waals surface area contributed by atoms with Crippen molar-refractivity contribution in [1.29, 1.82) is 0 Å². The van der Waals surface area contributed by atoms with Gasteiger partial charge in [-0.15, -0.1) is 0 Å². The highest BCUT2D eigenvalue weighted by molar-refractivity contribution is 6.13. The Morgan fingerprint density at radius 3 is 0.975 bits per heavy atom. The fourth-order valence-corrected chi connectivity index (χ4v) is 15.1. The van der Waals surface area contributed by atoms with Crippen LogP contribution in [-0.2, 0) is 41.6 Å². The molecular formula is C105H120N4O12. The third kappa shape index (κ3) is 30.1. The first-order valence-electron chi connectivity index (χ1n) is 42.9. The molecule has 1 N–H and O–H groups in total. The van der Waals surface area contributed by atoms with Gasteiger partial charge in [0.25, 0.3) is 0 Å². The van der Waals surface area contributed by atoms with Gasteiger partial charge < -0.3 is 33.8 Å². The fourth-order valence-electron chi connectivity index (χ4n) is 15.1. The molecule has 12 aromatic rings. The van der Waals surface area contributed by atoms with Gasteiger partial charge in [-0.3, -0.25) is 43.7 Å². The molecule has 0 fully saturated rings. The van der Waals surface area contributed by atoms with E-state index in [-0.39, 0.29) is 69.4 Å². The lowest BCUT2D eigenvalue weighted by Gasteiger charge is -2.10. The van der Waals surface area contributed by atoms with Crippen LogP contribution in [0.5, 0.6) is 0 Å². The summed E-state index contributed by atoms with van der Waals surface area (Å²) in [4.78, 5) is 156. The molecule has 0 aliphatic heterocycles. The van der Waals surface area contributed by atoms with Crippen LogP contribution in [0.4, 0.5) is 0 Å². The van der Waals surface area contributed by atoms with Gasteiger partial charge in [-0.2, -0.15) is 0 Å². The number of pyridine rings is 3. The number of aryl methyl sites for hydroxylation is 6. The molecule has 0 atom stereocenters. The van der Waals surface area contributed by atoms with Crippen molar-refractivity contribution in [1.82, 2.24) is 19.9 Å². The lowest BCUT2D eigenvalue weighted by atomic mass is 9.94. The first-order valence-corrected chi connectivity index (χ1v) is 42.9. The Bertz CT molecular complexity index is 5230. The Morgan fingerprint density at radius 2 is 0.554 bits per heavy atom. The molecule has 8 aromatic carbocycles. The lowest BCUT2D eigenvalue weighted by Crippen LogP contribution is -2.03. The number of ketones is 12. The number of fused-ring (bicyclic) bond motifs is 6. The lowest BCUT2D eigenvalue weighted by molar-refractivity contribution is -0.117. The van der Waals surface area contributed by atoms with E-state index in [1.165, 1.54) is 5.56 Å². The summed E-state index contributed by atoms with van der Waals surface area (Å²) in [5.74, 6) is 2.04. The molecule has 0 spiro atoms. The molecular weight excluding hydrogens is 1510 g/mol. The van der Waals surface area contributed by atoms with Crippen LogP contribution >= 0.6 is 0 Å². The van der Waals surface area contributed by atoms with Crippen LogP contribution in [0.25, 0.3) is 65.0 Å². The minimum Gasteiger partial charge on any atom is -0.360 e. The van der Waals surface area contributed by atoms with Crippen LogP contribution in [-0.4, -0.2) is 89.3 Å². The molecule has 0 saturated heterocycles. The van der Waals surface area contributed by atoms with Crippen LogP contribution in [0.15, 0.2) is 189 Å². The molecule has 0 unspecified atom stereocenters. The van der Waals surface area contributed by atoms with Gasteiger partial charge in [-0.25, -0.2) is 0 Å². The second-order valence-electron chi connectivity index (χ2n) is 31.6. The predicted octanol–water partition coefficient (Wildman–Crippen LogP) is 24.9. The smallest absolute Gasteiger partial charge is 0.165 e. The number of rotatable bonds is 38. The maximum atomic E-state index is 12.5. The van der Waals surface area contributed by atoms with Crippen molar-refractivity contribution in [3.05, 3.63) is 255 Å². The van der Waals surface area contributed by atoms with Crippen LogP contribution < -0.4 is 0 Å². The Morgan fingerprint density at radius 1 is 0.264 bits per heavy atom. The topological polar surface area (TPSA) is 259 Å². The van der Waals surface area contributed by atoms with Gasteiger partial charge >= 0.3 is 0 Å². The molecule has 0 aliphatic carbocycles. The van der Waals surface area contributed by atoms with E-state index in [0.717, 1.165) is 211 Å². The van der Waals surface area contributed by atoms with E-state index < -0.39 is 0 Å². The summed E-state index contributed by atoms with van der Waals surface area (Å²) in [7, 11) is 0. The van der Waals surface area contributed by atoms with Crippen LogP contribution in [0.2, 0.25) is 0 Å². The number of Topliss-reactive ketones (excluding diaryl/α,β-unsaturated/α-hetero) is 12. The quantitative estimate of drug-likeness (QED) is 0.0279. The zero-order valence-corrected chi connectivity index (χ0v) is 73.0. The minimum atomic E-state index is 0.112. The van der Waals surface area contributed by atoms with Gasteiger partial charge in [0.05, 0.1) is 11.0 Å². The summed E-state index contributed by atoms with van der Waals surface area (Å²) >= 11 is 0. The highest BCUT2D eigenvalue weighted by atomic mass is 16.2. The van der Waals surface area contributed by atoms with E-state index in [2.05, 4.69) is 58.0 Å². The maximum absolute atomic E-state index is 12.5. The number of unbranched alkanes of at least 4 members (excludes halogenated alkanes) is 6. The number of hydrogen-bond donors (Lipinski definition) is 1. The summed E-state index contributed by atoms with van der Waals surface area (Å²) in [6.07, 6.45) is 26.1. The Kier molecular flexibility index (Phi) is 39.9. The van der Waals surface area contributed by atoms with Gasteiger partial charge in [0.1, 0.15) is 34.7 Å². The zero-order chi connectivity index (χ0) is 87.9. The Balaban J connectivity index is 0.000000200. The number of benzene rings is 8. The van der Waals surface area contributed by atoms with Crippen LogP contribution in [0, 0.1) is 27.7 Å². The van der Waals surface area contributed by atoms with Crippen molar-refractivity contribution in [2.45, 2.75) is 250 Å². The molecule has 0 aliphatic rings. The molecule has 4 heterocycles. The molecule has 0 saturated carbocycles. The second-order valence-corrected chi connectivity index (χ2v) is 31.6. The zero-order valence-electron chi connectivity index (χ0n) is 73.0. The number of nitrogens with zero attached hydrogens (tertiary/aromatic N) is 3. The van der Waals surface area contributed by atoms with Gasteiger partial charge in [-0.1, -0.05) is 141 Å². The number of aromatic nitrogens is 4. The molecule has 632 valence electrons. The normalized spacial score (nSPS) is 10.7. The highest BCUT2D eigenvalue weighted by Gasteiger charge is 2.20. The third-order valence-electron chi connectivity index (χ3n) is 21.5. The number of H-pyrrole nitrogens is 1. The predicted molar refractivity (Wildman–Crippen MR) is 490 cm³/mol. The number of aromatic amines is 1. The molecule has 0 amide bonds. The van der Waals surface area contributed by atoms with Crippen molar-refractivity contribution in [3.8, 4) is 0 Å². The third-order valence-corrected chi connectivity index (χ3v) is 21.5. The molecule has 16 heteroatoms. The van der Waals surface area contributed by atoms with Crippen molar-refractivity contribution in [2.75, 3.05) is 0 Å². The molecule has 0 bridgehead atoms. The van der Waals surface area contributed by atoms with Gasteiger partial charge in [0.15, 0.2) is 34.7 Å². The van der Waals surface area contributed by atoms with Gasteiger partial charge in [-0.05, 0) is 250 Å². The van der Waals surface area contributed by atoms with E-state index in [0.29, 0.717) is 82.6 Å². The number of carbonyl (C=O) groups excluding carboxylic acids is 12. The standard InChI is InChI=1S/C19H22O2.C18H21NO2.C18H20O2.2C17H19NO2.C16H19NO2/c1-3-15-9-6-10-16-11-7-12-17(19(15)16)18(21)13-5-4-8-14(2)20;1-3-14-8-6-9-16-18(14)15(11-12-19-16)17(21)10-5-4-7-13(2)20;1-13-7-5-9-15-10-6-11-16(18(13)15)17(20)12-4-3-8-14(2)19;1-12-6-5-8-14-10-18-11-15(17(12)14)16(20)9-4-3-7-13(2)19;1-12-6-5-8-15-17(12)14(10-11-18-15)16(20)9-4-3-7-13(2)19;1-11-6-5-8-14-16(11)13(10-17-14)15(19)9-4-3-7-12(2)18/h6-7,9-12H,3-5,8,13H2,1-2H3;6,8-9,11-12H,3-5,7,10H2,1-2H3;5-7,9-11H,3-4,8,12H2,1-2H3;2*5-6,8,10-11H,3-4,7,9H2,1-2H3;5-6,8,10,17H,3-4,7,9H2,1-2H3. The number of hydrogen-bond acceptors (Lipinski definition) is 15. The van der Waals surface area contributed by atoms with Crippen LogP contribution in [0.1, 0.15) is 305 Å². The molecule has 121 heavy (non-hydrogen) atoms. The Labute approximate surface area is 713 Å². The molecule has 16 nitrogen and oxygen atoms in total. The molecule has 4 aromatic heterocycles. The summed E-state index contributed by atoms with van der Waals surface area (Å²) in [6.45, 7) is 21.8. The number of carbonyl (C=O) groups is 12. The fraction of sp³-hybridized carbons (Fsp3) is 0.362. The van der Waals surface area contributed by atoms with E-state index in [4.69, 9.17) is 0 Å². The monoisotopic (exact) mass is 1630 g/mol. The largest absolute Gasteiger partial charge is 0.360 e.